The summed E-state index contributed by atoms with van der Waals surface area (Å²) < 4.78 is 11.0. The number of Topliss-reactive ketones (excluding diaryl/α,β-unsaturated/α-hetero) is 1. The van der Waals surface area contributed by atoms with E-state index in [1.54, 1.807) is 24.3 Å². The number of rotatable bonds is 7. The lowest BCUT2D eigenvalue weighted by Crippen LogP contribution is -2.29. The zero-order chi connectivity index (χ0) is 22.7. The third kappa shape index (κ3) is 4.04. The molecule has 1 aliphatic heterocycles. The van der Waals surface area contributed by atoms with Crippen molar-refractivity contribution >= 4 is 17.4 Å². The van der Waals surface area contributed by atoms with Gasteiger partial charge in [-0.1, -0.05) is 43.3 Å². The van der Waals surface area contributed by atoms with Crippen molar-refractivity contribution in [3.05, 3.63) is 95.0 Å². The summed E-state index contributed by atoms with van der Waals surface area (Å²) in [5.74, 6) is -0.457. The van der Waals surface area contributed by atoms with Gasteiger partial charge in [0.2, 0.25) is 0 Å². The Hall–Kier alpha value is -3.80. The maximum atomic E-state index is 13.0. The number of aliphatic hydroxyl groups excluding tert-OH is 1. The number of aryl methyl sites for hydroxylation is 1. The quantitative estimate of drug-likeness (QED) is 0.328. The third-order valence-electron chi connectivity index (χ3n) is 5.58. The van der Waals surface area contributed by atoms with E-state index in [0.29, 0.717) is 17.9 Å². The minimum Gasteiger partial charge on any atom is -0.507 e. The third-order valence-corrected chi connectivity index (χ3v) is 5.58. The molecule has 3 aromatic rings. The van der Waals surface area contributed by atoms with Gasteiger partial charge < -0.3 is 19.2 Å². The Balaban J connectivity index is 1.74. The minimum atomic E-state index is -0.817. The van der Waals surface area contributed by atoms with E-state index in [2.05, 4.69) is 0 Å². The number of carbonyl (C=O) groups excluding carboxylic acids is 2. The van der Waals surface area contributed by atoms with Crippen LogP contribution < -0.4 is 4.74 Å². The summed E-state index contributed by atoms with van der Waals surface area (Å²) in [4.78, 5) is 27.4. The van der Waals surface area contributed by atoms with Crippen LogP contribution in [0.4, 0.5) is 0 Å². The van der Waals surface area contributed by atoms with Crippen LogP contribution in [0.25, 0.3) is 5.76 Å². The van der Waals surface area contributed by atoms with Gasteiger partial charge in [-0.25, -0.2) is 0 Å². The molecule has 32 heavy (non-hydrogen) atoms. The van der Waals surface area contributed by atoms with E-state index in [0.717, 1.165) is 23.3 Å². The van der Waals surface area contributed by atoms with Crippen molar-refractivity contribution in [1.29, 1.82) is 0 Å². The normalized spacial score (nSPS) is 17.7. The number of furan rings is 1. The van der Waals surface area contributed by atoms with Crippen molar-refractivity contribution in [3.63, 3.8) is 0 Å². The lowest BCUT2D eigenvalue weighted by atomic mass is 9.98. The fourth-order valence-corrected chi connectivity index (χ4v) is 3.89. The zero-order valence-corrected chi connectivity index (χ0v) is 18.1. The molecule has 0 radical (unpaired) electrons. The van der Waals surface area contributed by atoms with Gasteiger partial charge in [-0.3, -0.25) is 9.59 Å². The second-order valence-corrected chi connectivity index (χ2v) is 7.57. The van der Waals surface area contributed by atoms with Crippen LogP contribution in [-0.4, -0.2) is 28.3 Å². The number of hydrogen-bond acceptors (Lipinski definition) is 5. The summed E-state index contributed by atoms with van der Waals surface area (Å²) in [6.45, 7) is 4.70. The van der Waals surface area contributed by atoms with Crippen molar-refractivity contribution in [2.24, 2.45) is 0 Å². The van der Waals surface area contributed by atoms with E-state index in [1.165, 1.54) is 11.2 Å². The number of carbonyl (C=O) groups is 2. The first-order chi connectivity index (χ1) is 15.5. The van der Waals surface area contributed by atoms with Crippen molar-refractivity contribution in [2.45, 2.75) is 32.9 Å². The number of benzene rings is 2. The Labute approximate surface area is 186 Å². The van der Waals surface area contributed by atoms with E-state index in [4.69, 9.17) is 9.15 Å². The van der Waals surface area contributed by atoms with Crippen molar-refractivity contribution < 1.29 is 23.8 Å². The molecule has 2 aromatic carbocycles. The van der Waals surface area contributed by atoms with Gasteiger partial charge in [0.15, 0.2) is 0 Å². The summed E-state index contributed by atoms with van der Waals surface area (Å²) in [6.07, 6.45) is 2.35. The summed E-state index contributed by atoms with van der Waals surface area (Å²) in [7, 11) is 0. The topological polar surface area (TPSA) is 80.0 Å². The summed E-state index contributed by atoms with van der Waals surface area (Å²) in [5.41, 5.74) is 2.46. The highest BCUT2D eigenvalue weighted by Gasteiger charge is 2.47. The molecule has 0 spiro atoms. The highest BCUT2D eigenvalue weighted by molar-refractivity contribution is 6.46. The standard InChI is InChI=1S/C26H25NO5/c1-3-17-7-11-19(12-8-17)24(28)22-23(21-6-5-15-32-21)27(26(30)25(22)29)16-18-9-13-20(14-10-18)31-4-2/h5-15,23,28H,3-4,16H2,1-2H3/b24-22-. The Morgan fingerprint density at radius 2 is 1.69 bits per heavy atom. The SMILES string of the molecule is CCOc1ccc(CN2C(=O)C(=O)/C(=C(\O)c3ccc(CC)cc3)C2c2ccco2)cc1. The van der Waals surface area contributed by atoms with Crippen molar-refractivity contribution in [2.75, 3.05) is 6.61 Å². The summed E-state index contributed by atoms with van der Waals surface area (Å²) in [6, 6.07) is 17.2. The van der Waals surface area contributed by atoms with E-state index in [1.807, 2.05) is 50.2 Å². The highest BCUT2D eigenvalue weighted by Crippen LogP contribution is 2.40. The molecule has 1 saturated heterocycles. The second-order valence-electron chi connectivity index (χ2n) is 7.57. The average Bonchev–Trinajstić information content (AvgIpc) is 3.43. The average molecular weight is 431 g/mol. The van der Waals surface area contributed by atoms with Gasteiger partial charge in [-0.15, -0.1) is 0 Å². The number of aliphatic hydroxyl groups is 1. The predicted molar refractivity (Wildman–Crippen MR) is 120 cm³/mol. The fourth-order valence-electron chi connectivity index (χ4n) is 3.89. The first kappa shape index (κ1) is 21.4. The van der Waals surface area contributed by atoms with E-state index in [-0.39, 0.29) is 17.9 Å². The smallest absolute Gasteiger partial charge is 0.296 e. The maximum Gasteiger partial charge on any atom is 0.296 e. The molecular weight excluding hydrogens is 406 g/mol. The van der Waals surface area contributed by atoms with Crippen LogP contribution >= 0.6 is 0 Å². The number of hydrogen-bond donors (Lipinski definition) is 1. The number of amides is 1. The molecule has 1 aliphatic rings. The van der Waals surface area contributed by atoms with Crippen LogP contribution in [0.2, 0.25) is 0 Å². The summed E-state index contributed by atoms with van der Waals surface area (Å²) >= 11 is 0. The number of ketones is 1. The van der Waals surface area contributed by atoms with Crippen LogP contribution in [0, 0.1) is 0 Å². The molecule has 164 valence electrons. The van der Waals surface area contributed by atoms with Gasteiger partial charge in [0, 0.05) is 12.1 Å². The highest BCUT2D eigenvalue weighted by atomic mass is 16.5. The molecule has 1 N–H and O–H groups in total. The molecule has 0 saturated carbocycles. The molecule has 1 aromatic heterocycles. The minimum absolute atomic E-state index is 0.0279. The number of ether oxygens (including phenoxy) is 1. The number of nitrogens with zero attached hydrogens (tertiary/aromatic N) is 1. The Morgan fingerprint density at radius 3 is 2.28 bits per heavy atom. The van der Waals surface area contributed by atoms with Crippen LogP contribution in [0.15, 0.2) is 76.9 Å². The Morgan fingerprint density at radius 1 is 1.00 bits per heavy atom. The first-order valence-corrected chi connectivity index (χ1v) is 10.7. The molecule has 0 aliphatic carbocycles. The molecule has 2 heterocycles. The fraction of sp³-hybridized carbons (Fsp3) is 0.231. The lowest BCUT2D eigenvalue weighted by molar-refractivity contribution is -0.140. The molecule has 1 unspecified atom stereocenters. The van der Waals surface area contributed by atoms with Crippen molar-refractivity contribution in [1.82, 2.24) is 4.90 Å². The summed E-state index contributed by atoms with van der Waals surface area (Å²) in [5, 5.41) is 11.0. The molecule has 1 amide bonds. The Kier molecular flexibility index (Phi) is 6.12. The lowest BCUT2D eigenvalue weighted by Gasteiger charge is -2.23. The van der Waals surface area contributed by atoms with Crippen molar-refractivity contribution in [3.8, 4) is 5.75 Å². The predicted octanol–water partition coefficient (Wildman–Crippen LogP) is 4.86. The monoisotopic (exact) mass is 431 g/mol. The molecule has 6 nitrogen and oxygen atoms in total. The van der Waals surface area contributed by atoms with Crippen LogP contribution in [-0.2, 0) is 22.6 Å². The maximum absolute atomic E-state index is 13.0. The first-order valence-electron chi connectivity index (χ1n) is 10.7. The number of likely N-dealkylation sites (tertiary alicyclic amines) is 1. The van der Waals surface area contributed by atoms with Gasteiger partial charge in [0.05, 0.1) is 18.4 Å². The van der Waals surface area contributed by atoms with Gasteiger partial charge >= 0.3 is 0 Å². The van der Waals surface area contributed by atoms with Gasteiger partial charge in [0.1, 0.15) is 23.3 Å². The molecule has 0 bridgehead atoms. The van der Waals surface area contributed by atoms with Gasteiger partial charge in [-0.2, -0.15) is 0 Å². The second kappa shape index (κ2) is 9.14. The van der Waals surface area contributed by atoms with E-state index in [9.17, 15) is 14.7 Å². The molecule has 4 rings (SSSR count). The van der Waals surface area contributed by atoms with Crippen LogP contribution in [0.1, 0.15) is 42.3 Å². The van der Waals surface area contributed by atoms with Crippen LogP contribution in [0.5, 0.6) is 5.75 Å². The molecule has 6 heteroatoms. The Bertz CT molecular complexity index is 1130. The van der Waals surface area contributed by atoms with Crippen LogP contribution in [0.3, 0.4) is 0 Å². The molecule has 1 fully saturated rings. The largest absolute Gasteiger partial charge is 0.507 e. The zero-order valence-electron chi connectivity index (χ0n) is 18.1. The molecular formula is C26H25NO5. The van der Waals surface area contributed by atoms with Gasteiger partial charge in [-0.05, 0) is 48.7 Å². The van der Waals surface area contributed by atoms with E-state index >= 15 is 0 Å². The van der Waals surface area contributed by atoms with E-state index < -0.39 is 17.7 Å². The van der Waals surface area contributed by atoms with Gasteiger partial charge in [0.25, 0.3) is 11.7 Å². The molecule has 1 atom stereocenters.